The zero-order valence-corrected chi connectivity index (χ0v) is 15.4. The summed E-state index contributed by atoms with van der Waals surface area (Å²) in [6, 6.07) is 7.46. The molecule has 2 N–H and O–H groups in total. The largest absolute Gasteiger partial charge is 0.405 e. The number of anilines is 2. The van der Waals surface area contributed by atoms with E-state index in [4.69, 9.17) is 0 Å². The Morgan fingerprint density at radius 3 is 2.83 bits per heavy atom. The van der Waals surface area contributed by atoms with Crippen molar-refractivity contribution < 1.29 is 18.0 Å². The number of carbonyl (C=O) groups excluding carboxylic acids is 1. The molecule has 1 atom stereocenters. The summed E-state index contributed by atoms with van der Waals surface area (Å²) in [5.74, 6) is -0.700. The molecule has 0 bridgehead atoms. The lowest BCUT2D eigenvalue weighted by Gasteiger charge is -2.11. The maximum Gasteiger partial charge on any atom is 0.405 e. The number of rotatable bonds is 6. The van der Waals surface area contributed by atoms with E-state index in [0.29, 0.717) is 9.47 Å². The molecular weight excluding hydrogens is 429 g/mol. The van der Waals surface area contributed by atoms with Crippen molar-refractivity contribution in [3.63, 3.8) is 0 Å². The molecule has 5 nitrogen and oxygen atoms in total. The Morgan fingerprint density at radius 1 is 1.42 bits per heavy atom. The predicted octanol–water partition coefficient (Wildman–Crippen LogP) is 4.20. The molecule has 1 unspecified atom stereocenters. The molecule has 1 aromatic heterocycles. The van der Waals surface area contributed by atoms with E-state index in [1.165, 1.54) is 18.3 Å². The molecule has 0 aliphatic carbocycles. The highest BCUT2D eigenvalue weighted by Crippen LogP contribution is 2.31. The molecule has 0 spiro atoms. The topological polar surface area (TPSA) is 66.9 Å². The first-order chi connectivity index (χ1) is 11.2. The lowest BCUT2D eigenvalue weighted by Crippen LogP contribution is -2.37. The summed E-state index contributed by atoms with van der Waals surface area (Å²) < 4.78 is 37.7. The average Bonchev–Trinajstić information content (AvgIpc) is 2.91. The molecule has 0 aliphatic rings. The van der Waals surface area contributed by atoms with E-state index in [-0.39, 0.29) is 0 Å². The minimum atomic E-state index is -4.43. The fourth-order valence-electron chi connectivity index (χ4n) is 1.53. The van der Waals surface area contributed by atoms with Gasteiger partial charge in [0, 0.05) is 10.2 Å². The van der Waals surface area contributed by atoms with E-state index in [1.54, 1.807) is 0 Å². The average molecular weight is 441 g/mol. The van der Waals surface area contributed by atoms with Crippen molar-refractivity contribution >= 4 is 55.8 Å². The van der Waals surface area contributed by atoms with Gasteiger partial charge in [0.15, 0.2) is 4.34 Å². The van der Waals surface area contributed by atoms with E-state index in [9.17, 15) is 18.0 Å². The zero-order chi connectivity index (χ0) is 17.7. The van der Waals surface area contributed by atoms with Crippen LogP contribution in [0.2, 0.25) is 0 Å². The van der Waals surface area contributed by atoms with Crippen LogP contribution in [-0.4, -0.2) is 34.1 Å². The van der Waals surface area contributed by atoms with Gasteiger partial charge in [-0.2, -0.15) is 13.2 Å². The van der Waals surface area contributed by atoms with Crippen molar-refractivity contribution in [2.45, 2.75) is 22.7 Å². The summed E-state index contributed by atoms with van der Waals surface area (Å²) in [6.45, 7) is 0.168. The highest BCUT2D eigenvalue weighted by Gasteiger charge is 2.29. The summed E-state index contributed by atoms with van der Waals surface area (Å²) >= 11 is 5.62. The van der Waals surface area contributed by atoms with Gasteiger partial charge in [-0.25, -0.2) is 0 Å². The molecule has 130 valence electrons. The number of alkyl halides is 3. The van der Waals surface area contributed by atoms with Gasteiger partial charge in [0.05, 0.1) is 5.25 Å². The molecule has 2 aromatic rings. The Morgan fingerprint density at radius 2 is 2.17 bits per heavy atom. The van der Waals surface area contributed by atoms with Crippen LogP contribution < -0.4 is 10.6 Å². The van der Waals surface area contributed by atoms with Crippen LogP contribution in [0.15, 0.2) is 33.1 Å². The van der Waals surface area contributed by atoms with Gasteiger partial charge in [-0.05, 0) is 25.1 Å². The molecule has 1 heterocycles. The standard InChI is InChI=1S/C13H12BrF3N4OS2/c1-7(10(22)18-6-13(15,16)17)23-12-21-20-11(24-12)19-9-4-2-3-8(14)5-9/h2-5,7H,6H2,1H3,(H,18,22)(H,19,20). The maximum atomic E-state index is 12.1. The van der Waals surface area contributed by atoms with Crippen LogP contribution in [0.1, 0.15) is 6.92 Å². The van der Waals surface area contributed by atoms with Crippen molar-refractivity contribution in [2.75, 3.05) is 11.9 Å². The molecule has 0 saturated carbocycles. The summed E-state index contributed by atoms with van der Waals surface area (Å²) in [6.07, 6.45) is -4.43. The molecule has 0 fully saturated rings. The third kappa shape index (κ3) is 6.29. The van der Waals surface area contributed by atoms with E-state index in [0.717, 1.165) is 21.9 Å². The zero-order valence-electron chi connectivity index (χ0n) is 12.2. The lowest BCUT2D eigenvalue weighted by molar-refractivity contribution is -0.137. The number of carbonyl (C=O) groups is 1. The minimum Gasteiger partial charge on any atom is -0.346 e. The van der Waals surface area contributed by atoms with Crippen LogP contribution in [0.3, 0.4) is 0 Å². The minimum absolute atomic E-state index is 0.488. The van der Waals surface area contributed by atoms with E-state index in [2.05, 4.69) is 31.4 Å². The van der Waals surface area contributed by atoms with Crippen LogP contribution in [0, 0.1) is 0 Å². The predicted molar refractivity (Wildman–Crippen MR) is 91.7 cm³/mol. The Hall–Kier alpha value is -1.33. The number of amides is 1. The van der Waals surface area contributed by atoms with E-state index >= 15 is 0 Å². The Bertz CT molecular complexity index is 711. The lowest BCUT2D eigenvalue weighted by atomic mass is 10.3. The number of nitrogens with zero attached hydrogens (tertiary/aromatic N) is 2. The van der Waals surface area contributed by atoms with Gasteiger partial charge < -0.3 is 10.6 Å². The van der Waals surface area contributed by atoms with Gasteiger partial charge in [0.25, 0.3) is 0 Å². The first kappa shape index (κ1) is 19.0. The van der Waals surface area contributed by atoms with Crippen LogP contribution >= 0.6 is 39.0 Å². The molecule has 2 rings (SSSR count). The normalized spacial score (nSPS) is 12.7. The molecule has 0 radical (unpaired) electrons. The fraction of sp³-hybridized carbons (Fsp3) is 0.308. The fourth-order valence-corrected chi connectivity index (χ4v) is 3.87. The van der Waals surface area contributed by atoms with Crippen LogP contribution in [0.4, 0.5) is 24.0 Å². The molecule has 24 heavy (non-hydrogen) atoms. The second-order valence-corrected chi connectivity index (χ2v) is 8.08. The monoisotopic (exact) mass is 440 g/mol. The number of aromatic nitrogens is 2. The second-order valence-electron chi connectivity index (χ2n) is 4.60. The Balaban J connectivity index is 1.90. The van der Waals surface area contributed by atoms with Crippen molar-refractivity contribution in [3.8, 4) is 0 Å². The first-order valence-electron chi connectivity index (χ1n) is 6.60. The number of hydrogen-bond donors (Lipinski definition) is 2. The second kappa shape index (κ2) is 8.17. The molecule has 0 aliphatic heterocycles. The SMILES string of the molecule is CC(Sc1nnc(Nc2cccc(Br)c2)s1)C(=O)NCC(F)(F)F. The van der Waals surface area contributed by atoms with Gasteiger partial charge in [-0.15, -0.1) is 10.2 Å². The van der Waals surface area contributed by atoms with Gasteiger partial charge in [-0.1, -0.05) is 45.1 Å². The number of halogens is 4. The summed E-state index contributed by atoms with van der Waals surface area (Å²) in [4.78, 5) is 11.6. The first-order valence-corrected chi connectivity index (χ1v) is 9.09. The highest BCUT2D eigenvalue weighted by molar-refractivity contribution is 9.10. The molecular formula is C13H12BrF3N4OS2. The third-order valence-electron chi connectivity index (χ3n) is 2.59. The van der Waals surface area contributed by atoms with Crippen molar-refractivity contribution in [1.82, 2.24) is 15.5 Å². The molecule has 1 aromatic carbocycles. The number of benzene rings is 1. The Kier molecular flexibility index (Phi) is 6.47. The van der Waals surface area contributed by atoms with E-state index in [1.807, 2.05) is 29.6 Å². The van der Waals surface area contributed by atoms with Gasteiger partial charge in [-0.3, -0.25) is 4.79 Å². The smallest absolute Gasteiger partial charge is 0.346 e. The number of hydrogen-bond acceptors (Lipinski definition) is 6. The number of nitrogens with one attached hydrogen (secondary N) is 2. The molecule has 1 amide bonds. The van der Waals surface area contributed by atoms with Crippen LogP contribution in [0.25, 0.3) is 0 Å². The summed E-state index contributed by atoms with van der Waals surface area (Å²) in [5, 5.41) is 12.6. The maximum absolute atomic E-state index is 12.1. The van der Waals surface area contributed by atoms with Crippen LogP contribution in [-0.2, 0) is 4.79 Å². The van der Waals surface area contributed by atoms with Crippen molar-refractivity contribution in [1.29, 1.82) is 0 Å². The van der Waals surface area contributed by atoms with Crippen molar-refractivity contribution in [3.05, 3.63) is 28.7 Å². The highest BCUT2D eigenvalue weighted by atomic mass is 79.9. The molecule has 0 saturated heterocycles. The quantitative estimate of drug-likeness (QED) is 0.658. The van der Waals surface area contributed by atoms with E-state index < -0.39 is 23.9 Å². The van der Waals surface area contributed by atoms with Crippen molar-refractivity contribution in [2.24, 2.45) is 0 Å². The Labute approximate surface area is 152 Å². The van der Waals surface area contributed by atoms with Gasteiger partial charge in [0.1, 0.15) is 6.54 Å². The van der Waals surface area contributed by atoms with Gasteiger partial charge >= 0.3 is 6.18 Å². The molecule has 11 heteroatoms. The summed E-state index contributed by atoms with van der Waals surface area (Å²) in [7, 11) is 0. The number of thioether (sulfide) groups is 1. The van der Waals surface area contributed by atoms with Crippen LogP contribution in [0.5, 0.6) is 0 Å². The third-order valence-corrected chi connectivity index (χ3v) is 5.11. The van der Waals surface area contributed by atoms with Gasteiger partial charge in [0.2, 0.25) is 11.0 Å². The summed E-state index contributed by atoms with van der Waals surface area (Å²) in [5.41, 5.74) is 0.813.